The molecule has 2 nitrogen and oxygen atoms in total. The van der Waals surface area contributed by atoms with Crippen LogP contribution in [0.4, 0.5) is 0 Å². The minimum Gasteiger partial charge on any atom is -0.298 e. The van der Waals surface area contributed by atoms with Gasteiger partial charge in [-0.2, -0.15) is 0 Å². The maximum atomic E-state index is 12.3. The van der Waals surface area contributed by atoms with Crippen molar-refractivity contribution in [3.05, 3.63) is 0 Å². The van der Waals surface area contributed by atoms with Gasteiger partial charge in [0.15, 0.2) is 5.78 Å². The Morgan fingerprint density at radius 2 is 1.80 bits per heavy atom. The van der Waals surface area contributed by atoms with Crippen LogP contribution in [-0.2, 0) is 4.79 Å². The molecule has 0 heterocycles. The van der Waals surface area contributed by atoms with Gasteiger partial charge in [-0.3, -0.25) is 9.69 Å². The van der Waals surface area contributed by atoms with E-state index < -0.39 is 0 Å². The number of ketones is 1. The summed E-state index contributed by atoms with van der Waals surface area (Å²) in [5.74, 6) is 0.481. The first-order chi connectivity index (χ1) is 7.13. The van der Waals surface area contributed by atoms with Gasteiger partial charge in [0.05, 0.1) is 5.54 Å². The zero-order valence-electron chi connectivity index (χ0n) is 10.5. The van der Waals surface area contributed by atoms with E-state index in [1.54, 1.807) is 0 Å². The van der Waals surface area contributed by atoms with Crippen molar-refractivity contribution in [2.75, 3.05) is 14.1 Å². The van der Waals surface area contributed by atoms with Crippen LogP contribution >= 0.6 is 0 Å². The Kier molecular flexibility index (Phi) is 4.78. The molecule has 0 spiro atoms. The third-order valence-electron chi connectivity index (χ3n) is 3.81. The third kappa shape index (κ3) is 2.81. The van der Waals surface area contributed by atoms with E-state index in [-0.39, 0.29) is 5.54 Å². The summed E-state index contributed by atoms with van der Waals surface area (Å²) in [7, 11) is 4.13. The van der Waals surface area contributed by atoms with Crippen LogP contribution in [0, 0.1) is 0 Å². The molecule has 2 heteroatoms. The Hall–Kier alpha value is -0.370. The van der Waals surface area contributed by atoms with Crippen LogP contribution in [0.25, 0.3) is 0 Å². The SMILES string of the molecule is CCCCC(=O)C1(N(C)C)CCCCC1. The Labute approximate surface area is 94.0 Å². The van der Waals surface area contributed by atoms with Crippen LogP contribution in [0.2, 0.25) is 0 Å². The van der Waals surface area contributed by atoms with Gasteiger partial charge in [0, 0.05) is 6.42 Å². The molecule has 0 aromatic rings. The molecule has 1 fully saturated rings. The number of unbranched alkanes of at least 4 members (excludes halogenated alkanes) is 1. The molecular formula is C13H25NO. The largest absolute Gasteiger partial charge is 0.298 e. The van der Waals surface area contributed by atoms with Gasteiger partial charge >= 0.3 is 0 Å². The molecule has 1 aliphatic carbocycles. The van der Waals surface area contributed by atoms with Crippen LogP contribution in [0.15, 0.2) is 0 Å². The molecule has 0 aromatic heterocycles. The lowest BCUT2D eigenvalue weighted by Crippen LogP contribution is -2.52. The van der Waals surface area contributed by atoms with Crippen LogP contribution < -0.4 is 0 Å². The maximum Gasteiger partial charge on any atom is 0.153 e. The highest BCUT2D eigenvalue weighted by atomic mass is 16.1. The van der Waals surface area contributed by atoms with Crippen LogP contribution in [0.3, 0.4) is 0 Å². The van der Waals surface area contributed by atoms with Gasteiger partial charge in [0.25, 0.3) is 0 Å². The normalized spacial score (nSPS) is 20.5. The maximum absolute atomic E-state index is 12.3. The molecule has 0 aromatic carbocycles. The van der Waals surface area contributed by atoms with Crippen molar-refractivity contribution < 1.29 is 4.79 Å². The highest BCUT2D eigenvalue weighted by molar-refractivity contribution is 5.88. The first kappa shape index (κ1) is 12.7. The average molecular weight is 211 g/mol. The first-order valence-electron chi connectivity index (χ1n) is 6.34. The fraction of sp³-hybridized carbons (Fsp3) is 0.923. The van der Waals surface area contributed by atoms with Crippen molar-refractivity contribution in [2.24, 2.45) is 0 Å². The van der Waals surface area contributed by atoms with Gasteiger partial charge in [-0.05, 0) is 33.4 Å². The van der Waals surface area contributed by atoms with E-state index in [0.29, 0.717) is 5.78 Å². The third-order valence-corrected chi connectivity index (χ3v) is 3.81. The number of rotatable bonds is 5. The predicted molar refractivity (Wildman–Crippen MR) is 64.0 cm³/mol. The van der Waals surface area contributed by atoms with Crippen LogP contribution in [-0.4, -0.2) is 30.3 Å². The van der Waals surface area contributed by atoms with E-state index >= 15 is 0 Å². The second-order valence-corrected chi connectivity index (χ2v) is 5.01. The second kappa shape index (κ2) is 5.64. The van der Waals surface area contributed by atoms with E-state index in [0.717, 1.165) is 32.1 Å². The highest BCUT2D eigenvalue weighted by Gasteiger charge is 2.40. The number of Topliss-reactive ketones (excluding diaryl/α,β-unsaturated/α-hetero) is 1. The molecule has 0 amide bonds. The highest BCUT2D eigenvalue weighted by Crippen LogP contribution is 2.34. The number of hydrogen-bond acceptors (Lipinski definition) is 2. The fourth-order valence-electron chi connectivity index (χ4n) is 2.68. The Morgan fingerprint density at radius 1 is 1.20 bits per heavy atom. The number of nitrogens with zero attached hydrogens (tertiary/aromatic N) is 1. The van der Waals surface area contributed by atoms with Crippen LogP contribution in [0.5, 0.6) is 0 Å². The van der Waals surface area contributed by atoms with Crippen molar-refractivity contribution in [2.45, 2.75) is 63.8 Å². The lowest BCUT2D eigenvalue weighted by Gasteiger charge is -2.41. The average Bonchev–Trinajstić information content (AvgIpc) is 2.26. The summed E-state index contributed by atoms with van der Waals surface area (Å²) in [6.45, 7) is 2.15. The monoisotopic (exact) mass is 211 g/mol. The van der Waals surface area contributed by atoms with Crippen molar-refractivity contribution >= 4 is 5.78 Å². The molecule has 0 unspecified atom stereocenters. The molecule has 0 aliphatic heterocycles. The molecule has 0 radical (unpaired) electrons. The number of carbonyl (C=O) groups is 1. The quantitative estimate of drug-likeness (QED) is 0.696. The summed E-state index contributed by atoms with van der Waals surface area (Å²) in [4.78, 5) is 14.4. The lowest BCUT2D eigenvalue weighted by atomic mass is 9.76. The van der Waals surface area contributed by atoms with Gasteiger partial charge in [-0.25, -0.2) is 0 Å². The summed E-state index contributed by atoms with van der Waals surface area (Å²) < 4.78 is 0. The van der Waals surface area contributed by atoms with E-state index in [9.17, 15) is 4.79 Å². The molecule has 0 atom stereocenters. The van der Waals surface area contributed by atoms with E-state index in [2.05, 4.69) is 25.9 Å². The second-order valence-electron chi connectivity index (χ2n) is 5.01. The topological polar surface area (TPSA) is 20.3 Å². The number of likely N-dealkylation sites (N-methyl/N-ethyl adjacent to an activating group) is 1. The summed E-state index contributed by atoms with van der Waals surface area (Å²) in [5, 5.41) is 0. The van der Waals surface area contributed by atoms with E-state index in [4.69, 9.17) is 0 Å². The first-order valence-corrected chi connectivity index (χ1v) is 6.34. The minimum atomic E-state index is -0.118. The summed E-state index contributed by atoms with van der Waals surface area (Å²) >= 11 is 0. The molecule has 0 bridgehead atoms. The fourth-order valence-corrected chi connectivity index (χ4v) is 2.68. The molecule has 0 saturated heterocycles. The molecule has 1 rings (SSSR count). The van der Waals surface area contributed by atoms with Gasteiger partial charge < -0.3 is 0 Å². The minimum absolute atomic E-state index is 0.118. The van der Waals surface area contributed by atoms with Crippen molar-refractivity contribution in [3.63, 3.8) is 0 Å². The van der Waals surface area contributed by atoms with E-state index in [1.165, 1.54) is 19.3 Å². The van der Waals surface area contributed by atoms with E-state index in [1.807, 2.05) is 0 Å². The molecule has 15 heavy (non-hydrogen) atoms. The molecular weight excluding hydrogens is 186 g/mol. The zero-order valence-corrected chi connectivity index (χ0v) is 10.5. The lowest BCUT2D eigenvalue weighted by molar-refractivity contribution is -0.132. The Morgan fingerprint density at radius 3 is 2.27 bits per heavy atom. The predicted octanol–water partition coefficient (Wildman–Crippen LogP) is 3.01. The van der Waals surface area contributed by atoms with Gasteiger partial charge in [-0.15, -0.1) is 0 Å². The van der Waals surface area contributed by atoms with Crippen molar-refractivity contribution in [1.82, 2.24) is 4.90 Å². The van der Waals surface area contributed by atoms with Crippen LogP contribution in [0.1, 0.15) is 58.3 Å². The number of carbonyl (C=O) groups excluding carboxylic acids is 1. The summed E-state index contributed by atoms with van der Waals surface area (Å²) in [6, 6.07) is 0. The molecule has 1 aliphatic rings. The van der Waals surface area contributed by atoms with Gasteiger partial charge in [-0.1, -0.05) is 32.6 Å². The van der Waals surface area contributed by atoms with Gasteiger partial charge in [0.1, 0.15) is 0 Å². The Bertz CT molecular complexity index is 205. The Balaban J connectivity index is 2.66. The molecule has 0 N–H and O–H groups in total. The summed E-state index contributed by atoms with van der Waals surface area (Å²) in [5.41, 5.74) is -0.118. The van der Waals surface area contributed by atoms with Crippen molar-refractivity contribution in [3.8, 4) is 0 Å². The number of hydrogen-bond donors (Lipinski definition) is 0. The smallest absolute Gasteiger partial charge is 0.153 e. The molecule has 1 saturated carbocycles. The van der Waals surface area contributed by atoms with Crippen molar-refractivity contribution in [1.29, 1.82) is 0 Å². The van der Waals surface area contributed by atoms with Gasteiger partial charge in [0.2, 0.25) is 0 Å². The zero-order chi connectivity index (χ0) is 11.3. The summed E-state index contributed by atoms with van der Waals surface area (Å²) in [6.07, 6.45) is 8.83. The standard InChI is InChI=1S/C13H25NO/c1-4-5-9-12(15)13(14(2)3)10-7-6-8-11-13/h4-11H2,1-3H3. The molecule has 88 valence electrons.